The Balaban J connectivity index is 1.47. The lowest BCUT2D eigenvalue weighted by molar-refractivity contribution is -0.132. The summed E-state index contributed by atoms with van der Waals surface area (Å²) in [6.45, 7) is 1.41. The van der Waals surface area contributed by atoms with Gasteiger partial charge >= 0.3 is 0 Å². The summed E-state index contributed by atoms with van der Waals surface area (Å²) >= 11 is 0. The van der Waals surface area contributed by atoms with Crippen LogP contribution in [0.1, 0.15) is 68.1 Å². The Kier molecular flexibility index (Phi) is 7.78. The van der Waals surface area contributed by atoms with Crippen LogP contribution in [0, 0.1) is 5.92 Å². The van der Waals surface area contributed by atoms with Gasteiger partial charge in [0.2, 0.25) is 5.91 Å². The summed E-state index contributed by atoms with van der Waals surface area (Å²) < 4.78 is 10.7. The van der Waals surface area contributed by atoms with Gasteiger partial charge in [0.05, 0.1) is 14.2 Å². The fourth-order valence-electron chi connectivity index (χ4n) is 4.57. The van der Waals surface area contributed by atoms with Crippen molar-refractivity contribution in [2.24, 2.45) is 5.92 Å². The van der Waals surface area contributed by atoms with Gasteiger partial charge in [0.15, 0.2) is 0 Å². The van der Waals surface area contributed by atoms with Crippen molar-refractivity contribution in [1.29, 1.82) is 0 Å². The Labute approximate surface area is 173 Å². The van der Waals surface area contributed by atoms with E-state index in [2.05, 4.69) is 5.32 Å². The van der Waals surface area contributed by atoms with Gasteiger partial charge in [-0.2, -0.15) is 0 Å². The average molecular weight is 403 g/mol. The Bertz CT molecular complexity index is 670. The van der Waals surface area contributed by atoms with Crippen LogP contribution in [0.4, 0.5) is 0 Å². The van der Waals surface area contributed by atoms with Crippen LogP contribution >= 0.6 is 0 Å². The molecule has 0 aromatic heterocycles. The Morgan fingerprint density at radius 1 is 1.00 bits per heavy atom. The number of methoxy groups -OCH3 is 2. The number of rotatable bonds is 7. The van der Waals surface area contributed by atoms with Gasteiger partial charge in [0.1, 0.15) is 17.1 Å². The van der Waals surface area contributed by atoms with Crippen molar-refractivity contribution in [1.82, 2.24) is 10.2 Å². The SMILES string of the molecule is COc1cccc(OC)c1C(=O)NC1CCN(C(=O)CCC2CCCCC2)CC1. The van der Waals surface area contributed by atoms with Crippen molar-refractivity contribution in [3.05, 3.63) is 23.8 Å². The summed E-state index contributed by atoms with van der Waals surface area (Å²) in [5.41, 5.74) is 0.420. The molecule has 2 amide bonds. The molecule has 6 nitrogen and oxygen atoms in total. The van der Waals surface area contributed by atoms with E-state index in [-0.39, 0.29) is 17.9 Å². The molecule has 1 aliphatic carbocycles. The largest absolute Gasteiger partial charge is 0.496 e. The second-order valence-electron chi connectivity index (χ2n) is 8.21. The van der Waals surface area contributed by atoms with Crippen LogP contribution in [0.15, 0.2) is 18.2 Å². The lowest BCUT2D eigenvalue weighted by atomic mass is 9.86. The predicted molar refractivity (Wildman–Crippen MR) is 112 cm³/mol. The van der Waals surface area contributed by atoms with Crippen molar-refractivity contribution in [2.75, 3.05) is 27.3 Å². The first-order valence-corrected chi connectivity index (χ1v) is 10.9. The molecule has 160 valence electrons. The summed E-state index contributed by atoms with van der Waals surface area (Å²) in [6, 6.07) is 5.36. The number of piperidine rings is 1. The lowest BCUT2D eigenvalue weighted by Gasteiger charge is -2.33. The third-order valence-electron chi connectivity index (χ3n) is 6.33. The van der Waals surface area contributed by atoms with Gasteiger partial charge in [-0.3, -0.25) is 9.59 Å². The number of nitrogens with one attached hydrogen (secondary N) is 1. The zero-order valence-corrected chi connectivity index (χ0v) is 17.7. The molecule has 6 heteroatoms. The molecule has 0 radical (unpaired) electrons. The third kappa shape index (κ3) is 5.64. The molecular weight excluding hydrogens is 368 g/mol. The maximum Gasteiger partial charge on any atom is 0.259 e. The fourth-order valence-corrected chi connectivity index (χ4v) is 4.57. The van der Waals surface area contributed by atoms with Crippen LogP contribution in [-0.4, -0.2) is 50.1 Å². The fraction of sp³-hybridized carbons (Fsp3) is 0.652. The molecule has 0 bridgehead atoms. The Hall–Kier alpha value is -2.24. The van der Waals surface area contributed by atoms with E-state index in [4.69, 9.17) is 9.47 Å². The number of amides is 2. The molecule has 1 aromatic rings. The van der Waals surface area contributed by atoms with E-state index in [1.807, 2.05) is 4.90 Å². The molecule has 0 atom stereocenters. The second kappa shape index (κ2) is 10.5. The molecule has 1 saturated carbocycles. The van der Waals surface area contributed by atoms with E-state index >= 15 is 0 Å². The van der Waals surface area contributed by atoms with Crippen LogP contribution in [0.5, 0.6) is 11.5 Å². The number of likely N-dealkylation sites (tertiary alicyclic amines) is 1. The minimum Gasteiger partial charge on any atom is -0.496 e. The number of hydrogen-bond acceptors (Lipinski definition) is 4. The molecule has 0 unspecified atom stereocenters. The normalized spacial score (nSPS) is 18.3. The smallest absolute Gasteiger partial charge is 0.259 e. The van der Waals surface area contributed by atoms with Crippen molar-refractivity contribution in [3.63, 3.8) is 0 Å². The predicted octanol–water partition coefficient (Wildman–Crippen LogP) is 3.79. The standard InChI is InChI=1S/C23H34N2O4/c1-28-19-9-6-10-20(29-2)22(19)23(27)24-18-13-15-25(16-14-18)21(26)12-11-17-7-4-3-5-8-17/h6,9-10,17-18H,3-5,7-8,11-16H2,1-2H3,(H,24,27). The van der Waals surface area contributed by atoms with E-state index < -0.39 is 0 Å². The molecule has 1 N–H and O–H groups in total. The first-order chi connectivity index (χ1) is 14.1. The van der Waals surface area contributed by atoms with Crippen molar-refractivity contribution in [2.45, 2.75) is 63.8 Å². The molecule has 3 rings (SSSR count). The monoisotopic (exact) mass is 402 g/mol. The minimum atomic E-state index is -0.193. The van der Waals surface area contributed by atoms with Gasteiger partial charge in [-0.05, 0) is 37.3 Å². The van der Waals surface area contributed by atoms with Crippen LogP contribution < -0.4 is 14.8 Å². The second-order valence-corrected chi connectivity index (χ2v) is 8.21. The van der Waals surface area contributed by atoms with E-state index in [1.54, 1.807) is 32.4 Å². The maximum absolute atomic E-state index is 12.8. The minimum absolute atomic E-state index is 0.0551. The number of hydrogen-bond donors (Lipinski definition) is 1. The number of nitrogens with zero attached hydrogens (tertiary/aromatic N) is 1. The highest BCUT2D eigenvalue weighted by atomic mass is 16.5. The number of carbonyl (C=O) groups is 2. The molecule has 0 spiro atoms. The molecule has 2 aliphatic rings. The third-order valence-corrected chi connectivity index (χ3v) is 6.33. The quantitative estimate of drug-likeness (QED) is 0.754. The maximum atomic E-state index is 12.8. The molecular formula is C23H34N2O4. The van der Waals surface area contributed by atoms with Gasteiger partial charge in [-0.1, -0.05) is 38.2 Å². The van der Waals surface area contributed by atoms with Gasteiger partial charge in [0.25, 0.3) is 5.91 Å². The summed E-state index contributed by atoms with van der Waals surface area (Å²) in [5, 5.41) is 3.09. The van der Waals surface area contributed by atoms with Crippen LogP contribution in [0.3, 0.4) is 0 Å². The number of carbonyl (C=O) groups excluding carboxylic acids is 2. The van der Waals surface area contributed by atoms with Gasteiger partial charge in [-0.25, -0.2) is 0 Å². The van der Waals surface area contributed by atoms with Crippen LogP contribution in [-0.2, 0) is 4.79 Å². The summed E-state index contributed by atoms with van der Waals surface area (Å²) in [6.07, 6.45) is 9.81. The first-order valence-electron chi connectivity index (χ1n) is 10.9. The van der Waals surface area contributed by atoms with Crippen molar-refractivity contribution >= 4 is 11.8 Å². The zero-order valence-electron chi connectivity index (χ0n) is 17.7. The van der Waals surface area contributed by atoms with E-state index in [0.717, 1.165) is 25.2 Å². The van der Waals surface area contributed by atoms with E-state index in [0.29, 0.717) is 36.6 Å². The lowest BCUT2D eigenvalue weighted by Crippen LogP contribution is -2.46. The van der Waals surface area contributed by atoms with Gasteiger partial charge in [-0.15, -0.1) is 0 Å². The van der Waals surface area contributed by atoms with Crippen molar-refractivity contribution in [3.8, 4) is 11.5 Å². The zero-order chi connectivity index (χ0) is 20.6. The van der Waals surface area contributed by atoms with Crippen molar-refractivity contribution < 1.29 is 19.1 Å². The van der Waals surface area contributed by atoms with Gasteiger partial charge < -0.3 is 19.7 Å². The van der Waals surface area contributed by atoms with Crippen LogP contribution in [0.2, 0.25) is 0 Å². The number of benzene rings is 1. The molecule has 1 aromatic carbocycles. The molecule has 1 aliphatic heterocycles. The highest BCUT2D eigenvalue weighted by Gasteiger charge is 2.26. The molecule has 29 heavy (non-hydrogen) atoms. The molecule has 1 saturated heterocycles. The summed E-state index contributed by atoms with van der Waals surface area (Å²) in [7, 11) is 3.09. The number of ether oxygens (including phenoxy) is 2. The summed E-state index contributed by atoms with van der Waals surface area (Å²) in [4.78, 5) is 27.3. The summed E-state index contributed by atoms with van der Waals surface area (Å²) in [5.74, 6) is 1.81. The van der Waals surface area contributed by atoms with Crippen LogP contribution in [0.25, 0.3) is 0 Å². The molecule has 2 fully saturated rings. The van der Waals surface area contributed by atoms with E-state index in [1.165, 1.54) is 32.1 Å². The Morgan fingerprint density at radius 3 is 2.21 bits per heavy atom. The highest BCUT2D eigenvalue weighted by Crippen LogP contribution is 2.29. The highest BCUT2D eigenvalue weighted by molar-refractivity contribution is 5.99. The Morgan fingerprint density at radius 2 is 1.62 bits per heavy atom. The average Bonchev–Trinajstić information content (AvgIpc) is 2.77. The van der Waals surface area contributed by atoms with E-state index in [9.17, 15) is 9.59 Å². The van der Waals surface area contributed by atoms with Gasteiger partial charge in [0, 0.05) is 25.6 Å². The molecule has 1 heterocycles. The topological polar surface area (TPSA) is 67.9 Å². The first kappa shape index (κ1) is 21.5.